The number of hydrogen-bond donors (Lipinski definition) is 1. The molecule has 2 N–H and O–H groups in total. The van der Waals surface area contributed by atoms with Crippen molar-refractivity contribution >= 4 is 5.91 Å². The topological polar surface area (TPSA) is 55.6 Å². The first-order valence-electron chi connectivity index (χ1n) is 7.85. The molecule has 1 aliphatic heterocycles. The number of rotatable bonds is 4. The van der Waals surface area contributed by atoms with Gasteiger partial charge in [0.1, 0.15) is 0 Å². The third kappa shape index (κ3) is 4.18. The molecule has 2 rings (SSSR count). The fraction of sp³-hybridized carbons (Fsp3) is 0.933. The van der Waals surface area contributed by atoms with Crippen molar-refractivity contribution in [3.8, 4) is 0 Å². The van der Waals surface area contributed by atoms with Gasteiger partial charge in [-0.2, -0.15) is 0 Å². The molecule has 2 fully saturated rings. The number of likely N-dealkylation sites (tertiary alicyclic amines) is 1. The molecule has 2 aliphatic rings. The van der Waals surface area contributed by atoms with Crippen LogP contribution in [0.25, 0.3) is 0 Å². The van der Waals surface area contributed by atoms with Crippen molar-refractivity contribution in [2.24, 2.45) is 11.7 Å². The van der Waals surface area contributed by atoms with Crippen LogP contribution < -0.4 is 5.73 Å². The number of carbonyl (C=O) groups is 1. The van der Waals surface area contributed by atoms with E-state index >= 15 is 0 Å². The molecule has 4 heteroatoms. The summed E-state index contributed by atoms with van der Waals surface area (Å²) >= 11 is 0. The highest BCUT2D eigenvalue weighted by Crippen LogP contribution is 2.27. The Kier molecular flexibility index (Phi) is 5.64. The summed E-state index contributed by atoms with van der Waals surface area (Å²) in [5, 5.41) is 0. The molecule has 1 heterocycles. The van der Waals surface area contributed by atoms with Gasteiger partial charge in [-0.15, -0.1) is 0 Å². The smallest absolute Gasteiger partial charge is 0.222 e. The first-order valence-corrected chi connectivity index (χ1v) is 7.85. The number of ether oxygens (including phenoxy) is 1. The van der Waals surface area contributed by atoms with Gasteiger partial charge < -0.3 is 15.4 Å². The van der Waals surface area contributed by atoms with E-state index in [9.17, 15) is 4.79 Å². The van der Waals surface area contributed by atoms with Gasteiger partial charge in [0, 0.05) is 32.2 Å². The maximum absolute atomic E-state index is 12.4. The van der Waals surface area contributed by atoms with Crippen molar-refractivity contribution in [2.45, 2.75) is 64.0 Å². The molecule has 0 radical (unpaired) electrons. The van der Waals surface area contributed by atoms with Gasteiger partial charge >= 0.3 is 0 Å². The molecule has 0 bridgehead atoms. The van der Waals surface area contributed by atoms with Gasteiger partial charge in [-0.1, -0.05) is 12.8 Å². The predicted octanol–water partition coefficient (Wildman–Crippen LogP) is 1.92. The first kappa shape index (κ1) is 14.8. The summed E-state index contributed by atoms with van der Waals surface area (Å²) in [6.45, 7) is 4.42. The Morgan fingerprint density at radius 3 is 2.79 bits per heavy atom. The van der Waals surface area contributed by atoms with Crippen LogP contribution in [-0.2, 0) is 9.53 Å². The van der Waals surface area contributed by atoms with E-state index in [1.165, 1.54) is 12.8 Å². The van der Waals surface area contributed by atoms with Crippen molar-refractivity contribution in [2.75, 3.05) is 19.7 Å². The summed E-state index contributed by atoms with van der Waals surface area (Å²) in [4.78, 5) is 14.4. The SMILES string of the molecule is CCOC1CCCN(C(=O)CC2CCCCC2N)C1. The fourth-order valence-corrected chi connectivity index (χ4v) is 3.38. The molecular weight excluding hydrogens is 240 g/mol. The van der Waals surface area contributed by atoms with E-state index in [-0.39, 0.29) is 18.1 Å². The Labute approximate surface area is 116 Å². The van der Waals surface area contributed by atoms with Crippen LogP contribution in [0.4, 0.5) is 0 Å². The summed E-state index contributed by atoms with van der Waals surface area (Å²) in [7, 11) is 0. The number of nitrogens with two attached hydrogens (primary N) is 1. The minimum absolute atomic E-state index is 0.227. The van der Waals surface area contributed by atoms with Crippen molar-refractivity contribution in [3.63, 3.8) is 0 Å². The molecule has 3 unspecified atom stereocenters. The van der Waals surface area contributed by atoms with E-state index in [1.54, 1.807) is 0 Å². The molecule has 3 atom stereocenters. The zero-order chi connectivity index (χ0) is 13.7. The maximum atomic E-state index is 12.4. The summed E-state index contributed by atoms with van der Waals surface area (Å²) in [6.07, 6.45) is 7.68. The van der Waals surface area contributed by atoms with E-state index in [2.05, 4.69) is 0 Å². The monoisotopic (exact) mass is 268 g/mol. The highest BCUT2D eigenvalue weighted by Gasteiger charge is 2.29. The van der Waals surface area contributed by atoms with Gasteiger partial charge in [-0.05, 0) is 38.5 Å². The van der Waals surface area contributed by atoms with Crippen LogP contribution in [0.1, 0.15) is 51.9 Å². The predicted molar refractivity (Wildman–Crippen MR) is 75.8 cm³/mol. The van der Waals surface area contributed by atoms with Crippen LogP contribution in [0.15, 0.2) is 0 Å². The van der Waals surface area contributed by atoms with Gasteiger partial charge in [0.05, 0.1) is 6.10 Å². The lowest BCUT2D eigenvalue weighted by molar-refractivity contribution is -0.136. The van der Waals surface area contributed by atoms with E-state index < -0.39 is 0 Å². The number of amides is 1. The van der Waals surface area contributed by atoms with Crippen LogP contribution in [0.5, 0.6) is 0 Å². The van der Waals surface area contributed by atoms with Gasteiger partial charge in [0.2, 0.25) is 5.91 Å². The molecule has 1 saturated heterocycles. The standard InChI is InChI=1S/C15H28N2O2/c1-2-19-13-7-5-9-17(11-13)15(18)10-12-6-3-4-8-14(12)16/h12-14H,2-11,16H2,1H3. The molecule has 0 spiro atoms. The molecule has 1 amide bonds. The Morgan fingerprint density at radius 1 is 1.26 bits per heavy atom. The minimum atomic E-state index is 0.227. The third-order valence-electron chi connectivity index (χ3n) is 4.54. The molecule has 0 aromatic heterocycles. The van der Waals surface area contributed by atoms with E-state index in [0.29, 0.717) is 12.3 Å². The Hall–Kier alpha value is -0.610. The highest BCUT2D eigenvalue weighted by molar-refractivity contribution is 5.76. The van der Waals surface area contributed by atoms with E-state index in [0.717, 1.165) is 45.4 Å². The first-order chi connectivity index (χ1) is 9.20. The number of carbonyl (C=O) groups excluding carboxylic acids is 1. The van der Waals surface area contributed by atoms with Gasteiger partial charge in [0.15, 0.2) is 0 Å². The van der Waals surface area contributed by atoms with E-state index in [1.807, 2.05) is 11.8 Å². The largest absolute Gasteiger partial charge is 0.377 e. The van der Waals surface area contributed by atoms with Gasteiger partial charge in [0.25, 0.3) is 0 Å². The second-order valence-electron chi connectivity index (χ2n) is 5.97. The molecule has 19 heavy (non-hydrogen) atoms. The average Bonchev–Trinajstić information content (AvgIpc) is 2.42. The normalized spacial score (nSPS) is 32.3. The number of piperidine rings is 1. The average molecular weight is 268 g/mol. The molecule has 1 saturated carbocycles. The third-order valence-corrected chi connectivity index (χ3v) is 4.54. The van der Waals surface area contributed by atoms with Gasteiger partial charge in [-0.3, -0.25) is 4.79 Å². The van der Waals surface area contributed by atoms with Gasteiger partial charge in [-0.25, -0.2) is 0 Å². The van der Waals surface area contributed by atoms with Crippen LogP contribution >= 0.6 is 0 Å². The molecule has 0 aromatic carbocycles. The van der Waals surface area contributed by atoms with Crippen LogP contribution in [0.3, 0.4) is 0 Å². The zero-order valence-electron chi connectivity index (χ0n) is 12.1. The van der Waals surface area contributed by atoms with Crippen LogP contribution in [0, 0.1) is 5.92 Å². The lowest BCUT2D eigenvalue weighted by Crippen LogP contribution is -2.45. The summed E-state index contributed by atoms with van der Waals surface area (Å²) < 4.78 is 5.66. The molecule has 4 nitrogen and oxygen atoms in total. The number of hydrogen-bond acceptors (Lipinski definition) is 3. The van der Waals surface area contributed by atoms with Crippen molar-refractivity contribution in [1.82, 2.24) is 4.90 Å². The summed E-state index contributed by atoms with van der Waals surface area (Å²) in [5.41, 5.74) is 6.14. The van der Waals surface area contributed by atoms with Crippen LogP contribution in [0.2, 0.25) is 0 Å². The lowest BCUT2D eigenvalue weighted by Gasteiger charge is -2.35. The lowest BCUT2D eigenvalue weighted by atomic mass is 9.82. The van der Waals surface area contributed by atoms with Crippen molar-refractivity contribution < 1.29 is 9.53 Å². The quantitative estimate of drug-likeness (QED) is 0.847. The Morgan fingerprint density at radius 2 is 2.05 bits per heavy atom. The zero-order valence-corrected chi connectivity index (χ0v) is 12.1. The Balaban J connectivity index is 1.81. The van der Waals surface area contributed by atoms with E-state index in [4.69, 9.17) is 10.5 Å². The molecule has 110 valence electrons. The maximum Gasteiger partial charge on any atom is 0.222 e. The Bertz CT molecular complexity index is 294. The molecule has 1 aliphatic carbocycles. The minimum Gasteiger partial charge on any atom is -0.377 e. The van der Waals surface area contributed by atoms with Crippen molar-refractivity contribution in [3.05, 3.63) is 0 Å². The highest BCUT2D eigenvalue weighted by atomic mass is 16.5. The van der Waals surface area contributed by atoms with Crippen LogP contribution in [-0.4, -0.2) is 42.6 Å². The second-order valence-corrected chi connectivity index (χ2v) is 5.97. The van der Waals surface area contributed by atoms with Crippen molar-refractivity contribution in [1.29, 1.82) is 0 Å². The summed E-state index contributed by atoms with van der Waals surface area (Å²) in [5.74, 6) is 0.681. The fourth-order valence-electron chi connectivity index (χ4n) is 3.38. The second kappa shape index (κ2) is 7.25. The summed E-state index contributed by atoms with van der Waals surface area (Å²) in [6, 6.07) is 0.227. The number of nitrogens with zero attached hydrogens (tertiary/aromatic N) is 1. The molecular formula is C15H28N2O2. The molecule has 0 aromatic rings.